The van der Waals surface area contributed by atoms with Crippen molar-refractivity contribution in [2.24, 2.45) is 0 Å². The minimum Gasteiger partial charge on any atom is -0.343 e. The number of nitrogens with zero attached hydrogens (tertiary/aromatic N) is 1. The summed E-state index contributed by atoms with van der Waals surface area (Å²) < 4.78 is 0. The predicted octanol–water partition coefficient (Wildman–Crippen LogP) is 1.49. The molecule has 1 unspecified atom stereocenters. The Kier molecular flexibility index (Phi) is 4.58. The summed E-state index contributed by atoms with van der Waals surface area (Å²) in [7, 11) is 0. The van der Waals surface area contributed by atoms with Crippen LogP contribution in [0.3, 0.4) is 0 Å². The fourth-order valence-corrected chi connectivity index (χ4v) is 2.92. The molecule has 1 aliphatic heterocycles. The molecule has 2 heterocycles. The molecule has 1 atom stereocenters. The summed E-state index contributed by atoms with van der Waals surface area (Å²) in [4.78, 5) is 26.8. The van der Waals surface area contributed by atoms with Crippen LogP contribution in [0, 0.1) is 12.3 Å². The third-order valence-corrected chi connectivity index (χ3v) is 4.02. The number of hydrogen-bond donors (Lipinski definition) is 1. The number of piperidine rings is 1. The summed E-state index contributed by atoms with van der Waals surface area (Å²) in [6.45, 7) is 0.835. The average Bonchev–Trinajstić information content (AvgIpc) is 2.98. The SMILES string of the molecule is C#CCNC(=O)C1CCCCN1C(=O)c1cccs1. The standard InChI is InChI=1S/C14H16N2O2S/c1-2-8-15-13(17)11-6-3-4-9-16(11)14(18)12-7-5-10-19-12/h1,5,7,10-11H,3-4,6,8-9H2,(H,15,17). The molecule has 2 amide bonds. The second-order valence-electron chi connectivity index (χ2n) is 4.41. The number of amides is 2. The van der Waals surface area contributed by atoms with Gasteiger partial charge in [-0.3, -0.25) is 9.59 Å². The van der Waals surface area contributed by atoms with Gasteiger partial charge in [0.1, 0.15) is 6.04 Å². The summed E-state index contributed by atoms with van der Waals surface area (Å²) in [5.74, 6) is 2.17. The van der Waals surface area contributed by atoms with Crippen LogP contribution >= 0.6 is 11.3 Å². The maximum Gasteiger partial charge on any atom is 0.264 e. The number of hydrogen-bond acceptors (Lipinski definition) is 3. The fourth-order valence-electron chi connectivity index (χ4n) is 2.24. The first-order valence-corrected chi connectivity index (χ1v) is 7.17. The van der Waals surface area contributed by atoms with E-state index in [2.05, 4.69) is 11.2 Å². The zero-order valence-electron chi connectivity index (χ0n) is 10.6. The van der Waals surface area contributed by atoms with Crippen molar-refractivity contribution < 1.29 is 9.59 Å². The maximum atomic E-state index is 12.4. The first kappa shape index (κ1) is 13.6. The third-order valence-electron chi connectivity index (χ3n) is 3.16. The summed E-state index contributed by atoms with van der Waals surface area (Å²) in [5.41, 5.74) is 0. The molecule has 1 N–H and O–H groups in total. The number of nitrogens with one attached hydrogen (secondary N) is 1. The largest absolute Gasteiger partial charge is 0.343 e. The third kappa shape index (κ3) is 3.15. The lowest BCUT2D eigenvalue weighted by Gasteiger charge is -2.34. The van der Waals surface area contributed by atoms with Gasteiger partial charge >= 0.3 is 0 Å². The van der Waals surface area contributed by atoms with Crippen LogP contribution in [0.2, 0.25) is 0 Å². The maximum absolute atomic E-state index is 12.4. The van der Waals surface area contributed by atoms with Crippen molar-refractivity contribution in [1.29, 1.82) is 0 Å². The molecule has 1 fully saturated rings. The Labute approximate surface area is 116 Å². The normalized spacial score (nSPS) is 18.7. The summed E-state index contributed by atoms with van der Waals surface area (Å²) in [5, 5.41) is 4.53. The number of carbonyl (C=O) groups is 2. The van der Waals surface area contributed by atoms with Crippen molar-refractivity contribution in [2.75, 3.05) is 13.1 Å². The molecule has 2 rings (SSSR count). The Balaban J connectivity index is 2.10. The van der Waals surface area contributed by atoms with E-state index in [-0.39, 0.29) is 18.4 Å². The summed E-state index contributed by atoms with van der Waals surface area (Å²) in [6.07, 6.45) is 7.74. The van der Waals surface area contributed by atoms with Gasteiger partial charge in [0, 0.05) is 6.54 Å². The van der Waals surface area contributed by atoms with Crippen LogP contribution in [0.1, 0.15) is 28.9 Å². The zero-order chi connectivity index (χ0) is 13.7. The van der Waals surface area contributed by atoms with E-state index >= 15 is 0 Å². The van der Waals surface area contributed by atoms with Crippen LogP contribution < -0.4 is 5.32 Å². The van der Waals surface area contributed by atoms with E-state index in [1.807, 2.05) is 11.4 Å². The molecule has 0 saturated carbocycles. The molecule has 19 heavy (non-hydrogen) atoms. The highest BCUT2D eigenvalue weighted by molar-refractivity contribution is 7.12. The molecule has 1 aromatic rings. The van der Waals surface area contributed by atoms with Gasteiger partial charge < -0.3 is 10.2 Å². The van der Waals surface area contributed by atoms with Crippen LogP contribution in [0.5, 0.6) is 0 Å². The van der Waals surface area contributed by atoms with Gasteiger partial charge in [-0.25, -0.2) is 0 Å². The Hall–Kier alpha value is -1.80. The Bertz CT molecular complexity index is 490. The second-order valence-corrected chi connectivity index (χ2v) is 5.36. The van der Waals surface area contributed by atoms with Crippen LogP contribution in [-0.4, -0.2) is 35.8 Å². The topological polar surface area (TPSA) is 49.4 Å². The average molecular weight is 276 g/mol. The lowest BCUT2D eigenvalue weighted by Crippen LogP contribution is -2.51. The Morgan fingerprint density at radius 3 is 3.05 bits per heavy atom. The molecule has 0 aromatic carbocycles. The molecular weight excluding hydrogens is 260 g/mol. The van der Waals surface area contributed by atoms with Crippen LogP contribution in [-0.2, 0) is 4.79 Å². The number of thiophene rings is 1. The molecule has 1 saturated heterocycles. The first-order valence-electron chi connectivity index (χ1n) is 6.29. The smallest absolute Gasteiger partial charge is 0.264 e. The molecule has 5 heteroatoms. The highest BCUT2D eigenvalue weighted by atomic mass is 32.1. The molecule has 0 aliphatic carbocycles. The molecule has 0 spiro atoms. The highest BCUT2D eigenvalue weighted by Crippen LogP contribution is 2.21. The van der Waals surface area contributed by atoms with Gasteiger partial charge in [0.05, 0.1) is 11.4 Å². The fraction of sp³-hybridized carbons (Fsp3) is 0.429. The van der Waals surface area contributed by atoms with Gasteiger partial charge in [-0.1, -0.05) is 12.0 Å². The summed E-state index contributed by atoms with van der Waals surface area (Å²) in [6, 6.07) is 3.24. The van der Waals surface area contributed by atoms with E-state index in [1.54, 1.807) is 11.0 Å². The Morgan fingerprint density at radius 1 is 1.53 bits per heavy atom. The minimum atomic E-state index is -0.392. The van der Waals surface area contributed by atoms with E-state index in [9.17, 15) is 9.59 Å². The van der Waals surface area contributed by atoms with Crippen LogP contribution in [0.25, 0.3) is 0 Å². The Morgan fingerprint density at radius 2 is 2.37 bits per heavy atom. The number of likely N-dealkylation sites (tertiary alicyclic amines) is 1. The van der Waals surface area contributed by atoms with Gasteiger partial charge in [-0.15, -0.1) is 17.8 Å². The van der Waals surface area contributed by atoms with Crippen molar-refractivity contribution in [2.45, 2.75) is 25.3 Å². The first-order chi connectivity index (χ1) is 9.24. The molecular formula is C14H16N2O2S. The van der Waals surface area contributed by atoms with Gasteiger partial charge in [0.25, 0.3) is 5.91 Å². The van der Waals surface area contributed by atoms with Gasteiger partial charge in [-0.2, -0.15) is 0 Å². The number of rotatable bonds is 3. The van der Waals surface area contributed by atoms with E-state index < -0.39 is 6.04 Å². The highest BCUT2D eigenvalue weighted by Gasteiger charge is 2.32. The molecule has 1 aliphatic rings. The van der Waals surface area contributed by atoms with Crippen molar-refractivity contribution in [3.63, 3.8) is 0 Å². The van der Waals surface area contributed by atoms with E-state index in [0.717, 1.165) is 12.8 Å². The minimum absolute atomic E-state index is 0.0597. The number of carbonyl (C=O) groups excluding carboxylic acids is 2. The van der Waals surface area contributed by atoms with Gasteiger partial charge in [-0.05, 0) is 30.7 Å². The molecule has 1 aromatic heterocycles. The number of terminal acetylenes is 1. The lowest BCUT2D eigenvalue weighted by molar-refractivity contribution is -0.126. The second kappa shape index (κ2) is 6.39. The predicted molar refractivity (Wildman–Crippen MR) is 74.8 cm³/mol. The van der Waals surface area contributed by atoms with E-state index in [0.29, 0.717) is 17.8 Å². The van der Waals surface area contributed by atoms with Crippen molar-refractivity contribution in [3.05, 3.63) is 22.4 Å². The molecule has 100 valence electrons. The van der Waals surface area contributed by atoms with E-state index in [4.69, 9.17) is 6.42 Å². The van der Waals surface area contributed by atoms with Crippen molar-refractivity contribution >= 4 is 23.2 Å². The van der Waals surface area contributed by atoms with Gasteiger partial charge in [0.15, 0.2) is 0 Å². The van der Waals surface area contributed by atoms with Crippen molar-refractivity contribution in [3.8, 4) is 12.3 Å². The lowest BCUT2D eigenvalue weighted by atomic mass is 10.0. The summed E-state index contributed by atoms with van der Waals surface area (Å²) >= 11 is 1.40. The van der Waals surface area contributed by atoms with Crippen LogP contribution in [0.15, 0.2) is 17.5 Å². The molecule has 4 nitrogen and oxygen atoms in total. The monoisotopic (exact) mass is 276 g/mol. The molecule has 0 radical (unpaired) electrons. The van der Waals surface area contributed by atoms with E-state index in [1.165, 1.54) is 11.3 Å². The van der Waals surface area contributed by atoms with Gasteiger partial charge in [0.2, 0.25) is 5.91 Å². The van der Waals surface area contributed by atoms with Crippen LogP contribution in [0.4, 0.5) is 0 Å². The van der Waals surface area contributed by atoms with Crippen molar-refractivity contribution in [1.82, 2.24) is 10.2 Å². The molecule has 0 bridgehead atoms. The quantitative estimate of drug-likeness (QED) is 0.850. The zero-order valence-corrected chi connectivity index (χ0v) is 11.4.